The number of fused-ring (bicyclic) bond motifs is 13. The number of aliphatic carboxylic acids is 3. The van der Waals surface area contributed by atoms with Gasteiger partial charge in [-0.15, -0.1) is 11.8 Å². The predicted octanol–water partition coefficient (Wildman–Crippen LogP) is 0.408. The molecule has 14 amide bonds. The van der Waals surface area contributed by atoms with E-state index in [9.17, 15) is 87.5 Å². The lowest BCUT2D eigenvalue weighted by Crippen LogP contribution is -2.61. The van der Waals surface area contributed by atoms with Crippen LogP contribution in [-0.2, 0) is 86.2 Å². The molecule has 0 spiro atoms. The predicted molar refractivity (Wildman–Crippen MR) is 423 cm³/mol. The third kappa shape index (κ3) is 34.4. The number of carbonyl (C=O) groups is 17. The highest BCUT2D eigenvalue weighted by atomic mass is 32.2. The van der Waals surface area contributed by atoms with Crippen molar-refractivity contribution in [2.45, 2.75) is 293 Å². The summed E-state index contributed by atoms with van der Waals surface area (Å²) in [4.78, 5) is 242. The van der Waals surface area contributed by atoms with Crippen LogP contribution in [0.1, 0.15) is 214 Å². The number of rotatable bonds is 33. The molecule has 5 fully saturated rings. The Labute approximate surface area is 678 Å². The van der Waals surface area contributed by atoms with Crippen LogP contribution in [0.5, 0.6) is 0 Å². The van der Waals surface area contributed by atoms with E-state index in [0.717, 1.165) is 79.2 Å². The van der Waals surface area contributed by atoms with Crippen molar-refractivity contribution in [3.63, 3.8) is 0 Å². The average molecular weight is 1670 g/mol. The van der Waals surface area contributed by atoms with Crippen molar-refractivity contribution in [3.05, 3.63) is 0 Å². The van der Waals surface area contributed by atoms with E-state index in [4.69, 9.17) is 10.5 Å². The number of primary amides is 1. The molecule has 114 heavy (non-hydrogen) atoms. The summed E-state index contributed by atoms with van der Waals surface area (Å²) in [5, 5.41) is 65.6. The number of nitrogens with zero attached hydrogens (tertiary/aromatic N) is 3. The number of hydrogen-bond acceptors (Lipinski definition) is 22. The number of hydrogen-bond donors (Lipinski definition) is 15. The highest BCUT2D eigenvalue weighted by Gasteiger charge is 2.48. The van der Waals surface area contributed by atoms with Gasteiger partial charge in [0.05, 0.1) is 38.2 Å². The highest BCUT2D eigenvalue weighted by Crippen LogP contribution is 2.29. The zero-order valence-corrected chi connectivity index (χ0v) is 68.6. The normalized spacial score (nSPS) is 26.0. The molecule has 13 atom stereocenters. The van der Waals surface area contributed by atoms with Gasteiger partial charge in [0, 0.05) is 73.6 Å². The molecular formula is C75H122N14O22S3. The maximum atomic E-state index is 15.5. The highest BCUT2D eigenvalue weighted by molar-refractivity contribution is 7.99. The summed E-state index contributed by atoms with van der Waals surface area (Å²) in [6.07, 6.45) is 13.0. The van der Waals surface area contributed by atoms with E-state index in [1.807, 2.05) is 0 Å². The van der Waals surface area contributed by atoms with Crippen molar-refractivity contribution in [2.24, 2.45) is 11.7 Å². The molecule has 5 saturated heterocycles. The van der Waals surface area contributed by atoms with Crippen molar-refractivity contribution in [3.8, 4) is 0 Å². The van der Waals surface area contributed by atoms with Gasteiger partial charge >= 0.3 is 17.9 Å². The molecule has 5 aliphatic heterocycles. The fourth-order valence-electron chi connectivity index (χ4n) is 14.1. The van der Waals surface area contributed by atoms with Crippen LogP contribution in [0.25, 0.3) is 0 Å². The number of ether oxygens (including phenoxy) is 1. The van der Waals surface area contributed by atoms with Crippen LogP contribution >= 0.6 is 35.3 Å². The first-order chi connectivity index (χ1) is 54.4. The van der Waals surface area contributed by atoms with Crippen molar-refractivity contribution in [1.29, 1.82) is 0 Å². The molecule has 0 radical (unpaired) electrons. The number of nitrogens with two attached hydrogens (primary N) is 1. The lowest BCUT2D eigenvalue weighted by molar-refractivity contribution is -0.148. The number of thioether (sulfide) groups is 3. The Balaban J connectivity index is 1.55. The number of aliphatic hydroxyl groups is 1. The van der Waals surface area contributed by atoms with Gasteiger partial charge in [-0.1, -0.05) is 124 Å². The Hall–Kier alpha value is -8.04. The van der Waals surface area contributed by atoms with E-state index in [2.05, 4.69) is 60.1 Å². The van der Waals surface area contributed by atoms with E-state index in [1.54, 1.807) is 13.8 Å². The standard InChI is InChI=1S/C75H122N14O22S3/c1-5-6-7-8-9-10-11-12-13-14-15-16-17-18-19-20-21-24-59(92)78-47-37-56-70(105)80-49(25-28-58(76)91)66(101)85-54-42-113-35-33-111-32-34-112-41-53(68(103)82-51(36-45(2)3)73(108)87-31-22-23-55(87)75(110)88(56)40-47)84-65(100)48(26-29-61(94)95)79-60(93)39-77-72(107)64(46(4)90)86-67(102)50(27-30-62(96)97)81-71(106)57-43-114-44-89(57)74(109)52(38-63(98)99)83-69(54)104/h45-57,64,90H,5-44H2,1-4H3,(H2,76,91)(H,77,107)(H,78,92)(H,79,93)(H,80,105)(H,81,106)(H,82,103)(H,83,104)(H,84,100)(H,85,101)(H,86,102)(H,94,95)(H,96,97)(H,98,99)/t46-,47+,48+,49+,50+,51+,52+,53+,54+,55-,56+,57+,64+/m1/s1. The van der Waals surface area contributed by atoms with Crippen LogP contribution in [0.15, 0.2) is 0 Å². The maximum absolute atomic E-state index is 15.5. The molecule has 16 N–H and O–H groups in total. The van der Waals surface area contributed by atoms with Gasteiger partial charge in [0.15, 0.2) is 0 Å². The summed E-state index contributed by atoms with van der Waals surface area (Å²) >= 11 is 3.10. The van der Waals surface area contributed by atoms with Gasteiger partial charge in [-0.2, -0.15) is 23.5 Å². The summed E-state index contributed by atoms with van der Waals surface area (Å²) in [7, 11) is 0. The third-order valence-electron chi connectivity index (χ3n) is 20.3. The number of nitrogens with one attached hydrogen (secondary N) is 10. The number of unbranched alkanes of at least 4 members (excludes halogenated alkanes) is 16. The summed E-state index contributed by atoms with van der Waals surface area (Å²) in [5.41, 5.74) is 5.63. The summed E-state index contributed by atoms with van der Waals surface area (Å²) in [6.45, 7) is 5.49. The molecular weight excluding hydrogens is 1550 g/mol. The first-order valence-electron chi connectivity index (χ1n) is 40.2. The lowest BCUT2D eigenvalue weighted by atomic mass is 10.0. The zero-order valence-electron chi connectivity index (χ0n) is 66.1. The summed E-state index contributed by atoms with van der Waals surface area (Å²) in [5.74, 6) is -19.5. The van der Waals surface area contributed by atoms with Crippen molar-refractivity contribution < 1.29 is 107 Å². The van der Waals surface area contributed by atoms with Gasteiger partial charge in [0.25, 0.3) is 0 Å². The number of aliphatic hydroxyl groups excluding tert-OH is 1. The second kappa shape index (κ2) is 51.8. The van der Waals surface area contributed by atoms with Gasteiger partial charge in [0.1, 0.15) is 66.5 Å². The van der Waals surface area contributed by atoms with E-state index < -0.39 is 225 Å². The first kappa shape index (κ1) is 96.5. The molecule has 0 aromatic carbocycles. The molecule has 2 bridgehead atoms. The largest absolute Gasteiger partial charge is 0.481 e. The number of carboxylic acid groups (broad SMARTS) is 3. The minimum atomic E-state index is -1.99. The molecule has 39 heteroatoms. The smallest absolute Gasteiger partial charge is 0.305 e. The molecule has 5 aliphatic rings. The Bertz CT molecular complexity index is 3270. The lowest BCUT2D eigenvalue weighted by Gasteiger charge is -2.34. The van der Waals surface area contributed by atoms with Gasteiger partial charge in [-0.05, 0) is 64.2 Å². The molecule has 0 unspecified atom stereocenters. The topological polar surface area (TPSA) is 536 Å². The van der Waals surface area contributed by atoms with Gasteiger partial charge in [0.2, 0.25) is 82.7 Å². The van der Waals surface area contributed by atoms with E-state index >= 15 is 14.4 Å². The van der Waals surface area contributed by atoms with Gasteiger partial charge < -0.3 is 98.8 Å². The number of carbonyl (C=O) groups excluding carboxylic acids is 14. The SMILES string of the molecule is CCCCCCCCCCCCCCCCCCCC(=O)N[C@H]1C[C@H]2C(=O)N[C@@H](CCC(N)=O)C(=O)N[C@H]3CSCCOCCSC[C@H](NC(=O)[C@H](CCC(=O)O)NC(=O)CNC(=O)[C@H]([C@@H](C)O)NC(=O)[C@H](CCC(=O)O)NC(=O)[C@@H]4CSCN4C(=O)[C@H](CC(=O)O)NC3=O)C(=O)N[C@@H](CC(C)C)C(=O)N3CCC[C@@H]3C(=O)N2C1. The van der Waals surface area contributed by atoms with Crippen LogP contribution in [0.3, 0.4) is 0 Å². The summed E-state index contributed by atoms with van der Waals surface area (Å²) < 4.78 is 5.90. The minimum absolute atomic E-state index is 0.0165. The van der Waals surface area contributed by atoms with E-state index in [0.29, 0.717) is 6.42 Å². The Morgan fingerprint density at radius 1 is 0.500 bits per heavy atom. The van der Waals surface area contributed by atoms with E-state index in [1.165, 1.54) is 80.4 Å². The van der Waals surface area contributed by atoms with Crippen LogP contribution in [0.4, 0.5) is 0 Å². The monoisotopic (exact) mass is 1670 g/mol. The van der Waals surface area contributed by atoms with Crippen LogP contribution in [0, 0.1) is 5.92 Å². The fourth-order valence-corrected chi connectivity index (χ4v) is 17.0. The Kier molecular flexibility index (Phi) is 43.9. The molecule has 36 nitrogen and oxygen atoms in total. The van der Waals surface area contributed by atoms with Crippen LogP contribution in [0.2, 0.25) is 0 Å². The van der Waals surface area contributed by atoms with Crippen LogP contribution in [-0.4, -0.2) is 282 Å². The number of carboxylic acids is 3. The quantitative estimate of drug-likeness (QED) is 0.0396. The second-order valence-corrected chi connectivity index (χ2v) is 33.5. The number of amides is 14. The van der Waals surface area contributed by atoms with Gasteiger partial charge in [-0.3, -0.25) is 81.5 Å². The molecule has 0 aliphatic carbocycles. The zero-order chi connectivity index (χ0) is 83.8. The maximum Gasteiger partial charge on any atom is 0.305 e. The van der Waals surface area contributed by atoms with Crippen molar-refractivity contribution in [2.75, 3.05) is 67.5 Å². The average Bonchev–Trinajstić information content (AvgIpc) is 1.63. The Morgan fingerprint density at radius 3 is 1.49 bits per heavy atom. The van der Waals surface area contributed by atoms with Gasteiger partial charge in [-0.25, -0.2) is 0 Å². The molecule has 0 aromatic rings. The Morgan fingerprint density at radius 2 is 0.982 bits per heavy atom. The van der Waals surface area contributed by atoms with Crippen molar-refractivity contribution in [1.82, 2.24) is 67.9 Å². The molecule has 0 saturated carbocycles. The molecule has 642 valence electrons. The first-order valence-corrected chi connectivity index (χ1v) is 43.7. The van der Waals surface area contributed by atoms with E-state index in [-0.39, 0.29) is 105 Å². The molecule has 5 heterocycles. The second-order valence-electron chi connectivity index (χ2n) is 30.2. The fraction of sp³-hybridized carbons (Fsp3) is 0.773. The third-order valence-corrected chi connectivity index (χ3v) is 23.4. The van der Waals surface area contributed by atoms with Crippen LogP contribution < -0.4 is 58.9 Å². The minimum Gasteiger partial charge on any atom is -0.481 e. The molecule has 0 aromatic heterocycles. The molecule has 5 rings (SSSR count). The summed E-state index contributed by atoms with van der Waals surface area (Å²) in [6, 6.07) is -19.1. The van der Waals surface area contributed by atoms with Crippen molar-refractivity contribution >= 4 is 136 Å².